The van der Waals surface area contributed by atoms with Crippen LogP contribution in [0.4, 0.5) is 4.39 Å². The third-order valence-electron chi connectivity index (χ3n) is 4.35. The van der Waals surface area contributed by atoms with Gasteiger partial charge in [-0.05, 0) is 24.1 Å². The molecule has 1 amide bonds. The van der Waals surface area contributed by atoms with Crippen LogP contribution >= 0.6 is 0 Å². The van der Waals surface area contributed by atoms with Gasteiger partial charge in [-0.1, -0.05) is 42.5 Å². The van der Waals surface area contributed by atoms with Crippen LogP contribution in [0.15, 0.2) is 54.6 Å². The van der Waals surface area contributed by atoms with Gasteiger partial charge in [0.2, 0.25) is 0 Å². The highest BCUT2D eigenvalue weighted by Gasteiger charge is 2.31. The van der Waals surface area contributed by atoms with E-state index in [0.717, 1.165) is 12.1 Å². The first-order chi connectivity index (χ1) is 11.6. The molecule has 2 unspecified atom stereocenters. The van der Waals surface area contributed by atoms with Gasteiger partial charge in [-0.2, -0.15) is 0 Å². The van der Waals surface area contributed by atoms with E-state index in [2.05, 4.69) is 10.2 Å². The lowest BCUT2D eigenvalue weighted by atomic mass is 10.1. The fourth-order valence-electron chi connectivity index (χ4n) is 3.13. The molecule has 5 heteroatoms. The fourth-order valence-corrected chi connectivity index (χ4v) is 3.13. The first kappa shape index (κ1) is 16.6. The number of halogens is 1. The van der Waals surface area contributed by atoms with Crippen LogP contribution in [0.1, 0.15) is 22.3 Å². The summed E-state index contributed by atoms with van der Waals surface area (Å²) in [4.78, 5) is 14.3. The summed E-state index contributed by atoms with van der Waals surface area (Å²) in [5.74, 6) is -0.947. The van der Waals surface area contributed by atoms with E-state index in [1.807, 2.05) is 30.3 Å². The molecule has 3 rings (SSSR count). The van der Waals surface area contributed by atoms with Crippen LogP contribution in [-0.2, 0) is 6.54 Å². The summed E-state index contributed by atoms with van der Waals surface area (Å²) in [7, 11) is 0. The van der Waals surface area contributed by atoms with Crippen molar-refractivity contribution in [3.63, 3.8) is 0 Å². The van der Waals surface area contributed by atoms with Gasteiger partial charge >= 0.3 is 0 Å². The second-order valence-electron chi connectivity index (χ2n) is 6.15. The normalized spacial score (nSPS) is 20.9. The largest absolute Gasteiger partial charge is 0.392 e. The molecule has 0 aliphatic carbocycles. The van der Waals surface area contributed by atoms with Gasteiger partial charge in [0.1, 0.15) is 5.82 Å². The Hall–Kier alpha value is -2.24. The fraction of sp³-hybridized carbons (Fsp3) is 0.316. The number of hydrogen-bond donors (Lipinski definition) is 2. The first-order valence-corrected chi connectivity index (χ1v) is 8.12. The van der Waals surface area contributed by atoms with E-state index in [9.17, 15) is 14.3 Å². The lowest BCUT2D eigenvalue weighted by molar-refractivity contribution is 0.0936. The summed E-state index contributed by atoms with van der Waals surface area (Å²) >= 11 is 0. The minimum atomic E-state index is -0.525. The number of carbonyl (C=O) groups excluding carboxylic acids is 1. The molecule has 2 atom stereocenters. The monoisotopic (exact) mass is 328 g/mol. The molecule has 1 fully saturated rings. The third-order valence-corrected chi connectivity index (χ3v) is 4.35. The molecule has 1 aliphatic rings. The predicted molar refractivity (Wildman–Crippen MR) is 90.0 cm³/mol. The number of carbonyl (C=O) groups is 1. The van der Waals surface area contributed by atoms with E-state index in [-0.39, 0.29) is 11.6 Å². The number of nitrogens with zero attached hydrogens (tertiary/aromatic N) is 1. The Kier molecular flexibility index (Phi) is 5.23. The Balaban J connectivity index is 1.60. The molecular weight excluding hydrogens is 307 g/mol. The highest BCUT2D eigenvalue weighted by atomic mass is 19.1. The molecule has 0 bridgehead atoms. The molecule has 1 saturated heterocycles. The highest BCUT2D eigenvalue weighted by Crippen LogP contribution is 2.20. The van der Waals surface area contributed by atoms with E-state index in [0.29, 0.717) is 19.5 Å². The second-order valence-corrected chi connectivity index (χ2v) is 6.15. The third kappa shape index (κ3) is 3.99. The Morgan fingerprint density at radius 1 is 1.17 bits per heavy atom. The Morgan fingerprint density at radius 2 is 1.88 bits per heavy atom. The van der Waals surface area contributed by atoms with Crippen LogP contribution in [0.2, 0.25) is 0 Å². The standard InChI is InChI=1S/C19H21FN2O2/c20-18-9-5-4-8-17(18)19(24)21-11-15-10-16(23)13-22(15)12-14-6-2-1-3-7-14/h1-9,15-16,23H,10-13H2,(H,21,24). The minimum Gasteiger partial charge on any atom is -0.392 e. The van der Waals surface area contributed by atoms with Gasteiger partial charge in [-0.3, -0.25) is 9.69 Å². The van der Waals surface area contributed by atoms with E-state index < -0.39 is 17.8 Å². The molecule has 2 aromatic rings. The summed E-state index contributed by atoms with van der Waals surface area (Å²) in [5, 5.41) is 12.7. The van der Waals surface area contributed by atoms with Crippen molar-refractivity contribution in [2.24, 2.45) is 0 Å². The van der Waals surface area contributed by atoms with Gasteiger partial charge in [0.25, 0.3) is 5.91 Å². The zero-order chi connectivity index (χ0) is 16.9. The van der Waals surface area contributed by atoms with Crippen LogP contribution < -0.4 is 5.32 Å². The summed E-state index contributed by atoms with van der Waals surface area (Å²) in [6, 6.07) is 16.0. The first-order valence-electron chi connectivity index (χ1n) is 8.12. The second kappa shape index (κ2) is 7.55. The molecule has 126 valence electrons. The zero-order valence-corrected chi connectivity index (χ0v) is 13.4. The molecule has 1 heterocycles. The lowest BCUT2D eigenvalue weighted by Gasteiger charge is -2.24. The molecule has 0 spiro atoms. The van der Waals surface area contributed by atoms with E-state index in [4.69, 9.17) is 0 Å². The summed E-state index contributed by atoms with van der Waals surface area (Å²) < 4.78 is 13.7. The van der Waals surface area contributed by atoms with Crippen molar-refractivity contribution in [2.75, 3.05) is 13.1 Å². The van der Waals surface area contributed by atoms with Gasteiger partial charge in [-0.25, -0.2) is 4.39 Å². The molecule has 2 aromatic carbocycles. The van der Waals surface area contributed by atoms with Crippen LogP contribution in [0.25, 0.3) is 0 Å². The Morgan fingerprint density at radius 3 is 2.62 bits per heavy atom. The number of amides is 1. The molecule has 0 aromatic heterocycles. The van der Waals surface area contributed by atoms with Crippen LogP contribution in [-0.4, -0.2) is 41.1 Å². The van der Waals surface area contributed by atoms with E-state index >= 15 is 0 Å². The molecule has 1 aliphatic heterocycles. The molecule has 24 heavy (non-hydrogen) atoms. The number of nitrogens with one attached hydrogen (secondary N) is 1. The minimum absolute atomic E-state index is 0.0379. The van der Waals surface area contributed by atoms with Crippen LogP contribution in [0.5, 0.6) is 0 Å². The maximum Gasteiger partial charge on any atom is 0.254 e. The Bertz CT molecular complexity index is 693. The Labute approximate surface area is 140 Å². The van der Waals surface area contributed by atoms with Crippen molar-refractivity contribution >= 4 is 5.91 Å². The van der Waals surface area contributed by atoms with Gasteiger partial charge in [-0.15, -0.1) is 0 Å². The number of β-amino-alcohol motifs (C(OH)–C–C–N with tert-alkyl or cyclic N) is 1. The van der Waals surface area contributed by atoms with Crippen molar-refractivity contribution in [3.05, 3.63) is 71.5 Å². The zero-order valence-electron chi connectivity index (χ0n) is 13.4. The predicted octanol–water partition coefficient (Wildman–Crippen LogP) is 2.19. The summed E-state index contributed by atoms with van der Waals surface area (Å²) in [6.45, 7) is 1.68. The number of aliphatic hydroxyl groups is 1. The van der Waals surface area contributed by atoms with Crippen molar-refractivity contribution in [3.8, 4) is 0 Å². The quantitative estimate of drug-likeness (QED) is 0.885. The number of aliphatic hydroxyl groups excluding tert-OH is 1. The maximum absolute atomic E-state index is 13.7. The van der Waals surface area contributed by atoms with Gasteiger partial charge in [0.05, 0.1) is 11.7 Å². The van der Waals surface area contributed by atoms with Crippen molar-refractivity contribution in [2.45, 2.75) is 25.1 Å². The SMILES string of the molecule is O=C(NCC1CC(O)CN1Cc1ccccc1)c1ccccc1F. The molecule has 4 nitrogen and oxygen atoms in total. The average Bonchev–Trinajstić information content (AvgIpc) is 2.93. The van der Waals surface area contributed by atoms with Gasteiger partial charge in [0, 0.05) is 25.7 Å². The molecule has 2 N–H and O–H groups in total. The number of hydrogen-bond acceptors (Lipinski definition) is 3. The van der Waals surface area contributed by atoms with Crippen molar-refractivity contribution in [1.82, 2.24) is 10.2 Å². The summed E-state index contributed by atoms with van der Waals surface area (Å²) in [5.41, 5.74) is 1.21. The molecule has 0 saturated carbocycles. The topological polar surface area (TPSA) is 52.6 Å². The van der Waals surface area contributed by atoms with E-state index in [1.54, 1.807) is 12.1 Å². The van der Waals surface area contributed by atoms with Crippen LogP contribution in [0, 0.1) is 5.82 Å². The van der Waals surface area contributed by atoms with E-state index in [1.165, 1.54) is 12.1 Å². The number of rotatable bonds is 5. The van der Waals surface area contributed by atoms with Crippen molar-refractivity contribution in [1.29, 1.82) is 0 Å². The van der Waals surface area contributed by atoms with Gasteiger partial charge in [0.15, 0.2) is 0 Å². The number of benzene rings is 2. The maximum atomic E-state index is 13.7. The van der Waals surface area contributed by atoms with Crippen LogP contribution in [0.3, 0.4) is 0 Å². The average molecular weight is 328 g/mol. The molecular formula is C19H21FN2O2. The number of likely N-dealkylation sites (tertiary alicyclic amines) is 1. The molecule has 0 radical (unpaired) electrons. The van der Waals surface area contributed by atoms with Gasteiger partial charge < -0.3 is 10.4 Å². The highest BCUT2D eigenvalue weighted by molar-refractivity contribution is 5.94. The van der Waals surface area contributed by atoms with Crippen molar-refractivity contribution < 1.29 is 14.3 Å². The smallest absolute Gasteiger partial charge is 0.254 e. The lowest BCUT2D eigenvalue weighted by Crippen LogP contribution is -2.40. The summed E-state index contributed by atoms with van der Waals surface area (Å²) in [6.07, 6.45) is 0.203.